The second-order valence-electron chi connectivity index (χ2n) is 4.83. The van der Waals surface area contributed by atoms with Crippen molar-refractivity contribution in [2.24, 2.45) is 21.5 Å². The number of hydrogen-bond acceptors (Lipinski definition) is 2. The van der Waals surface area contributed by atoms with Crippen LogP contribution in [-0.4, -0.2) is 36.3 Å². The van der Waals surface area contributed by atoms with Gasteiger partial charge in [0.05, 0.1) is 5.69 Å². The van der Waals surface area contributed by atoms with E-state index >= 15 is 0 Å². The van der Waals surface area contributed by atoms with Crippen LogP contribution in [0.2, 0.25) is 0 Å². The Morgan fingerprint density at radius 1 is 1.12 bits per heavy atom. The van der Waals surface area contributed by atoms with E-state index in [2.05, 4.69) is 30.7 Å². The molecule has 12 heteroatoms. The van der Waals surface area contributed by atoms with Gasteiger partial charge in [-0.15, -0.1) is 38.0 Å². The number of ether oxygens (including phenoxy) is 1. The van der Waals surface area contributed by atoms with Gasteiger partial charge in [0.2, 0.25) is 5.96 Å². The van der Waals surface area contributed by atoms with Gasteiger partial charge in [-0.25, -0.2) is 4.99 Å². The van der Waals surface area contributed by atoms with E-state index in [1.54, 1.807) is 0 Å². The van der Waals surface area contributed by atoms with Crippen LogP contribution in [0.5, 0.6) is 5.75 Å². The second-order valence-corrected chi connectivity index (χ2v) is 5.74. The van der Waals surface area contributed by atoms with Crippen LogP contribution >= 0.6 is 40.7 Å². The maximum atomic E-state index is 12.3. The van der Waals surface area contributed by atoms with Gasteiger partial charge in [0.15, 0.2) is 5.96 Å². The Kier molecular flexibility index (Phi) is 9.38. The first kappa shape index (κ1) is 23.6. The topological polar surface area (TPSA) is 89.2 Å². The molecule has 0 radical (unpaired) electrons. The Morgan fingerprint density at radius 3 is 2.28 bits per heavy atom. The average molecular weight is 467 g/mol. The smallest absolute Gasteiger partial charge is 0.406 e. The molecule has 0 spiro atoms. The Labute approximate surface area is 163 Å². The molecule has 2 rings (SSSR count). The van der Waals surface area contributed by atoms with Gasteiger partial charge in [-0.3, -0.25) is 0 Å². The minimum absolute atomic E-state index is 0. The third-order valence-corrected chi connectivity index (χ3v) is 3.45. The normalized spacial score (nSPS) is 15.4. The zero-order valence-electron chi connectivity index (χ0n) is 12.8. The van der Waals surface area contributed by atoms with E-state index in [4.69, 9.17) is 11.5 Å². The summed E-state index contributed by atoms with van der Waals surface area (Å²) in [4.78, 5) is 9.77. The molecule has 1 fully saturated rings. The van der Waals surface area contributed by atoms with Crippen LogP contribution in [0.3, 0.4) is 0 Å². The lowest BCUT2D eigenvalue weighted by atomic mass is 10.3. The number of nitrogens with two attached hydrogens (primary N) is 2. The fourth-order valence-corrected chi connectivity index (χ4v) is 2.56. The van der Waals surface area contributed by atoms with Gasteiger partial charge < -0.3 is 21.1 Å². The van der Waals surface area contributed by atoms with Gasteiger partial charge in [0.25, 0.3) is 0 Å². The number of halogens is 6. The molecular formula is C13H17BrCl2F3N5O. The standard InChI is InChI=1S/C13H15BrF3N5O.2ClH/c14-8-5-9(7-10(6-8)23-13(15,16)17)20-11(18)21-12(19)22-3-1-2-4-22;;/h5-7H,1-4H2,(H4,18,19,20,21);2*1H. The van der Waals surface area contributed by atoms with E-state index in [-0.39, 0.29) is 42.4 Å². The molecular weight excluding hydrogens is 450 g/mol. The molecule has 0 unspecified atom stereocenters. The minimum Gasteiger partial charge on any atom is -0.406 e. The summed E-state index contributed by atoms with van der Waals surface area (Å²) in [5, 5.41) is 0. The number of nitrogens with zero attached hydrogens (tertiary/aromatic N) is 3. The molecule has 0 saturated carbocycles. The number of likely N-dealkylation sites (tertiary alicyclic amines) is 1. The number of hydrogen-bond donors (Lipinski definition) is 2. The second kappa shape index (κ2) is 9.93. The van der Waals surface area contributed by atoms with Crippen molar-refractivity contribution in [3.05, 3.63) is 22.7 Å². The SMILES string of the molecule is Cl.Cl.NC(=Nc1cc(Br)cc(OC(F)(F)F)c1)/N=C(/N)N1CCCC1. The summed E-state index contributed by atoms with van der Waals surface area (Å²) in [6.07, 6.45) is -2.74. The third-order valence-electron chi connectivity index (χ3n) is 2.99. The first-order valence-corrected chi connectivity index (χ1v) is 7.52. The van der Waals surface area contributed by atoms with E-state index in [1.807, 2.05) is 4.90 Å². The molecule has 1 aromatic carbocycles. The van der Waals surface area contributed by atoms with Gasteiger partial charge in [-0.1, -0.05) is 15.9 Å². The zero-order valence-corrected chi connectivity index (χ0v) is 16.0. The Morgan fingerprint density at radius 2 is 1.72 bits per heavy atom. The van der Waals surface area contributed by atoms with Crippen LogP contribution in [0, 0.1) is 0 Å². The molecule has 0 aromatic heterocycles. The van der Waals surface area contributed by atoms with Crippen molar-refractivity contribution in [3.8, 4) is 5.75 Å². The summed E-state index contributed by atoms with van der Waals surface area (Å²) in [6, 6.07) is 3.76. The number of benzene rings is 1. The van der Waals surface area contributed by atoms with Crippen LogP contribution < -0.4 is 16.2 Å². The Bertz CT molecular complexity index is 637. The highest BCUT2D eigenvalue weighted by atomic mass is 79.9. The molecule has 1 aromatic rings. The lowest BCUT2D eigenvalue weighted by molar-refractivity contribution is -0.274. The first-order chi connectivity index (χ1) is 10.7. The summed E-state index contributed by atoms with van der Waals surface area (Å²) < 4.78 is 41.0. The molecule has 0 amide bonds. The van der Waals surface area contributed by atoms with E-state index in [0.717, 1.165) is 32.0 Å². The summed E-state index contributed by atoms with van der Waals surface area (Å²) in [5.41, 5.74) is 11.6. The van der Waals surface area contributed by atoms with Crippen molar-refractivity contribution in [2.45, 2.75) is 19.2 Å². The maximum Gasteiger partial charge on any atom is 0.573 e. The van der Waals surface area contributed by atoms with Crippen molar-refractivity contribution in [1.82, 2.24) is 4.90 Å². The molecule has 1 saturated heterocycles. The molecule has 1 aliphatic rings. The molecule has 25 heavy (non-hydrogen) atoms. The largest absolute Gasteiger partial charge is 0.573 e. The van der Waals surface area contributed by atoms with E-state index in [1.165, 1.54) is 12.1 Å². The van der Waals surface area contributed by atoms with Crippen molar-refractivity contribution in [1.29, 1.82) is 0 Å². The average Bonchev–Trinajstić information content (AvgIpc) is 2.88. The molecule has 1 aliphatic heterocycles. The Balaban J connectivity index is 0.00000288. The van der Waals surface area contributed by atoms with E-state index < -0.39 is 12.1 Å². The monoisotopic (exact) mass is 465 g/mol. The van der Waals surface area contributed by atoms with Crippen molar-refractivity contribution in [2.75, 3.05) is 13.1 Å². The Hall–Kier alpha value is -1.39. The number of guanidine groups is 2. The third kappa shape index (κ3) is 8.02. The highest BCUT2D eigenvalue weighted by Crippen LogP contribution is 2.30. The molecule has 142 valence electrons. The summed E-state index contributed by atoms with van der Waals surface area (Å²) >= 11 is 3.09. The fraction of sp³-hybridized carbons (Fsp3) is 0.385. The van der Waals surface area contributed by atoms with E-state index in [0.29, 0.717) is 4.47 Å². The molecule has 0 atom stereocenters. The number of alkyl halides is 3. The molecule has 4 N–H and O–H groups in total. The van der Waals surface area contributed by atoms with E-state index in [9.17, 15) is 13.2 Å². The van der Waals surface area contributed by atoms with Crippen LogP contribution in [0.25, 0.3) is 0 Å². The highest BCUT2D eigenvalue weighted by molar-refractivity contribution is 9.10. The van der Waals surface area contributed by atoms with Crippen molar-refractivity contribution < 1.29 is 17.9 Å². The minimum atomic E-state index is -4.79. The molecule has 0 bridgehead atoms. The molecule has 6 nitrogen and oxygen atoms in total. The molecule has 0 aliphatic carbocycles. The van der Waals surface area contributed by atoms with Crippen molar-refractivity contribution >= 4 is 58.4 Å². The quantitative estimate of drug-likeness (QED) is 0.515. The van der Waals surface area contributed by atoms with Gasteiger partial charge >= 0.3 is 6.36 Å². The highest BCUT2D eigenvalue weighted by Gasteiger charge is 2.31. The van der Waals surface area contributed by atoms with Crippen LogP contribution in [0.1, 0.15) is 12.8 Å². The van der Waals surface area contributed by atoms with Gasteiger partial charge in [0, 0.05) is 23.6 Å². The summed E-state index contributed by atoms with van der Waals surface area (Å²) in [5.74, 6) is -0.314. The first-order valence-electron chi connectivity index (χ1n) is 6.72. The fourth-order valence-electron chi connectivity index (χ4n) is 2.10. The van der Waals surface area contributed by atoms with Gasteiger partial charge in [-0.05, 0) is 25.0 Å². The van der Waals surface area contributed by atoms with Crippen LogP contribution in [0.4, 0.5) is 18.9 Å². The zero-order chi connectivity index (χ0) is 17.0. The maximum absolute atomic E-state index is 12.3. The van der Waals surface area contributed by atoms with Crippen molar-refractivity contribution in [3.63, 3.8) is 0 Å². The van der Waals surface area contributed by atoms with Gasteiger partial charge in [0.1, 0.15) is 5.75 Å². The lowest BCUT2D eigenvalue weighted by Crippen LogP contribution is -2.36. The summed E-state index contributed by atoms with van der Waals surface area (Å²) in [6.45, 7) is 1.59. The summed E-state index contributed by atoms with van der Waals surface area (Å²) in [7, 11) is 0. The van der Waals surface area contributed by atoms with Gasteiger partial charge in [-0.2, -0.15) is 4.99 Å². The van der Waals surface area contributed by atoms with Crippen LogP contribution in [-0.2, 0) is 0 Å². The predicted octanol–water partition coefficient (Wildman–Crippen LogP) is 3.55. The van der Waals surface area contributed by atoms with Crippen LogP contribution in [0.15, 0.2) is 32.7 Å². The number of aliphatic imine (C=N–C) groups is 2. The number of rotatable bonds is 2. The molecule has 1 heterocycles. The lowest BCUT2D eigenvalue weighted by Gasteiger charge is -2.15. The predicted molar refractivity (Wildman–Crippen MR) is 99.0 cm³/mol.